The van der Waals surface area contributed by atoms with E-state index in [1.165, 1.54) is 6.33 Å². The van der Waals surface area contributed by atoms with Crippen molar-refractivity contribution < 1.29 is 14.3 Å². The zero-order valence-corrected chi connectivity index (χ0v) is 10.8. The minimum absolute atomic E-state index is 0.147. The Morgan fingerprint density at radius 1 is 1.37 bits per heavy atom. The maximum absolute atomic E-state index is 11.9. The number of methoxy groups -OCH3 is 1. The van der Waals surface area contributed by atoms with Crippen molar-refractivity contribution in [1.29, 1.82) is 0 Å². The SMILES string of the molecule is CCOC(=O)c1c(N)ncn1-c1ccc(OC)cc1. The van der Waals surface area contributed by atoms with E-state index >= 15 is 0 Å². The van der Waals surface area contributed by atoms with Gasteiger partial charge >= 0.3 is 5.97 Å². The van der Waals surface area contributed by atoms with Crippen LogP contribution in [0, 0.1) is 0 Å². The van der Waals surface area contributed by atoms with Crippen molar-refractivity contribution in [2.24, 2.45) is 0 Å². The highest BCUT2D eigenvalue weighted by atomic mass is 16.5. The minimum Gasteiger partial charge on any atom is -0.497 e. The molecule has 1 heterocycles. The second kappa shape index (κ2) is 5.43. The zero-order chi connectivity index (χ0) is 13.8. The van der Waals surface area contributed by atoms with Crippen molar-refractivity contribution in [2.45, 2.75) is 6.92 Å². The Morgan fingerprint density at radius 3 is 2.63 bits per heavy atom. The normalized spacial score (nSPS) is 10.2. The molecule has 0 saturated carbocycles. The number of imidazole rings is 1. The van der Waals surface area contributed by atoms with E-state index in [4.69, 9.17) is 15.2 Å². The molecule has 1 aromatic heterocycles. The topological polar surface area (TPSA) is 79.4 Å². The molecule has 1 aromatic carbocycles. The smallest absolute Gasteiger partial charge is 0.359 e. The summed E-state index contributed by atoms with van der Waals surface area (Å²) in [5.41, 5.74) is 6.69. The number of esters is 1. The first-order chi connectivity index (χ1) is 9.17. The number of hydrogen-bond donors (Lipinski definition) is 1. The first-order valence-corrected chi connectivity index (χ1v) is 5.81. The highest BCUT2D eigenvalue weighted by Crippen LogP contribution is 2.20. The molecule has 2 rings (SSSR count). The number of carbonyl (C=O) groups excluding carboxylic acids is 1. The van der Waals surface area contributed by atoms with E-state index in [-0.39, 0.29) is 18.1 Å². The van der Waals surface area contributed by atoms with Crippen LogP contribution in [0.2, 0.25) is 0 Å². The lowest BCUT2D eigenvalue weighted by atomic mass is 10.3. The largest absolute Gasteiger partial charge is 0.497 e. The van der Waals surface area contributed by atoms with E-state index in [0.29, 0.717) is 0 Å². The molecule has 0 aliphatic carbocycles. The molecule has 0 bridgehead atoms. The summed E-state index contributed by atoms with van der Waals surface area (Å²) in [6, 6.07) is 7.20. The van der Waals surface area contributed by atoms with Crippen LogP contribution < -0.4 is 10.5 Å². The van der Waals surface area contributed by atoms with E-state index in [1.54, 1.807) is 30.7 Å². The van der Waals surface area contributed by atoms with Crippen LogP contribution in [0.4, 0.5) is 5.82 Å². The van der Waals surface area contributed by atoms with Gasteiger partial charge in [-0.25, -0.2) is 9.78 Å². The number of hydrogen-bond acceptors (Lipinski definition) is 5. The molecular formula is C13H15N3O3. The Morgan fingerprint density at radius 2 is 2.05 bits per heavy atom. The second-order valence-corrected chi connectivity index (χ2v) is 3.77. The molecule has 0 radical (unpaired) electrons. The average Bonchev–Trinajstić information content (AvgIpc) is 2.81. The van der Waals surface area contributed by atoms with Crippen LogP contribution >= 0.6 is 0 Å². The van der Waals surface area contributed by atoms with Crippen LogP contribution in [0.1, 0.15) is 17.4 Å². The van der Waals surface area contributed by atoms with Crippen molar-refractivity contribution in [3.05, 3.63) is 36.3 Å². The van der Waals surface area contributed by atoms with Crippen LogP contribution in [-0.2, 0) is 4.74 Å². The molecule has 0 atom stereocenters. The van der Waals surface area contributed by atoms with Crippen LogP contribution in [0.15, 0.2) is 30.6 Å². The van der Waals surface area contributed by atoms with E-state index in [1.807, 2.05) is 12.1 Å². The van der Waals surface area contributed by atoms with Crippen molar-refractivity contribution >= 4 is 11.8 Å². The second-order valence-electron chi connectivity index (χ2n) is 3.77. The fraction of sp³-hybridized carbons (Fsp3) is 0.231. The maximum atomic E-state index is 11.9. The van der Waals surface area contributed by atoms with Gasteiger partial charge in [0.1, 0.15) is 12.1 Å². The number of rotatable bonds is 4. The number of aromatic nitrogens is 2. The third kappa shape index (κ3) is 2.52. The van der Waals surface area contributed by atoms with Crippen molar-refractivity contribution in [3.8, 4) is 11.4 Å². The third-order valence-electron chi connectivity index (χ3n) is 2.62. The predicted molar refractivity (Wildman–Crippen MR) is 70.5 cm³/mol. The number of carbonyl (C=O) groups is 1. The van der Waals surface area contributed by atoms with E-state index < -0.39 is 5.97 Å². The standard InChI is InChI=1S/C13H15N3O3/c1-3-19-13(17)11-12(14)15-8-16(11)9-4-6-10(18-2)7-5-9/h4-8H,3,14H2,1-2H3. The lowest BCUT2D eigenvalue weighted by Gasteiger charge is -2.08. The number of nitrogens with two attached hydrogens (primary N) is 1. The maximum Gasteiger partial charge on any atom is 0.359 e. The number of nitrogens with zero attached hydrogens (tertiary/aromatic N) is 2. The van der Waals surface area contributed by atoms with E-state index in [0.717, 1.165) is 11.4 Å². The van der Waals surface area contributed by atoms with Gasteiger partial charge < -0.3 is 15.2 Å². The molecule has 100 valence electrons. The molecule has 0 unspecified atom stereocenters. The van der Waals surface area contributed by atoms with Gasteiger partial charge in [0, 0.05) is 5.69 Å². The fourth-order valence-electron chi connectivity index (χ4n) is 1.70. The van der Waals surface area contributed by atoms with Crippen molar-refractivity contribution in [2.75, 3.05) is 19.5 Å². The summed E-state index contributed by atoms with van der Waals surface area (Å²) in [6.45, 7) is 2.02. The quantitative estimate of drug-likeness (QED) is 0.846. The number of benzene rings is 1. The predicted octanol–water partition coefficient (Wildman–Crippen LogP) is 1.64. The molecule has 0 saturated heterocycles. The lowest BCUT2D eigenvalue weighted by molar-refractivity contribution is 0.0518. The summed E-state index contributed by atoms with van der Waals surface area (Å²) in [4.78, 5) is 15.8. The molecule has 6 nitrogen and oxygen atoms in total. The molecule has 0 amide bonds. The van der Waals surface area contributed by atoms with Crippen LogP contribution in [0.3, 0.4) is 0 Å². The molecular weight excluding hydrogens is 246 g/mol. The molecule has 0 fully saturated rings. The molecule has 2 N–H and O–H groups in total. The van der Waals surface area contributed by atoms with Gasteiger partial charge in [-0.15, -0.1) is 0 Å². The molecule has 19 heavy (non-hydrogen) atoms. The Hall–Kier alpha value is -2.50. The molecule has 0 aliphatic rings. The van der Waals surface area contributed by atoms with Gasteiger partial charge in [-0.2, -0.15) is 0 Å². The van der Waals surface area contributed by atoms with Crippen LogP contribution in [0.25, 0.3) is 5.69 Å². The summed E-state index contributed by atoms with van der Waals surface area (Å²) < 4.78 is 11.6. The third-order valence-corrected chi connectivity index (χ3v) is 2.62. The molecule has 0 aliphatic heterocycles. The monoisotopic (exact) mass is 261 g/mol. The van der Waals surface area contributed by atoms with Crippen molar-refractivity contribution in [1.82, 2.24) is 9.55 Å². The summed E-state index contributed by atoms with van der Waals surface area (Å²) in [6.07, 6.45) is 1.49. The Kier molecular flexibility index (Phi) is 3.70. The van der Waals surface area contributed by atoms with Gasteiger partial charge in [0.25, 0.3) is 0 Å². The molecule has 0 spiro atoms. The van der Waals surface area contributed by atoms with Gasteiger partial charge in [0.05, 0.1) is 13.7 Å². The van der Waals surface area contributed by atoms with Gasteiger partial charge in [-0.3, -0.25) is 4.57 Å². The van der Waals surface area contributed by atoms with Gasteiger partial charge in [0.2, 0.25) is 0 Å². The highest BCUT2D eigenvalue weighted by Gasteiger charge is 2.19. The minimum atomic E-state index is -0.492. The number of ether oxygens (including phenoxy) is 2. The molecule has 2 aromatic rings. The Bertz CT molecular complexity index is 575. The molecule has 6 heteroatoms. The van der Waals surface area contributed by atoms with Gasteiger partial charge in [-0.05, 0) is 31.2 Å². The first kappa shape index (κ1) is 12.9. The average molecular weight is 261 g/mol. The summed E-state index contributed by atoms with van der Waals surface area (Å²) >= 11 is 0. The van der Waals surface area contributed by atoms with E-state index in [2.05, 4.69) is 4.98 Å². The Labute approximate surface area is 110 Å². The van der Waals surface area contributed by atoms with Gasteiger partial charge in [-0.1, -0.05) is 0 Å². The zero-order valence-electron chi connectivity index (χ0n) is 10.8. The van der Waals surface area contributed by atoms with E-state index in [9.17, 15) is 4.79 Å². The summed E-state index contributed by atoms with van der Waals surface area (Å²) in [5, 5.41) is 0. The number of nitrogen functional groups attached to an aromatic ring is 1. The fourth-order valence-corrected chi connectivity index (χ4v) is 1.70. The lowest BCUT2D eigenvalue weighted by Crippen LogP contribution is -2.12. The van der Waals surface area contributed by atoms with Gasteiger partial charge in [0.15, 0.2) is 11.5 Å². The van der Waals surface area contributed by atoms with Crippen molar-refractivity contribution in [3.63, 3.8) is 0 Å². The van der Waals surface area contributed by atoms with Crippen LogP contribution in [0.5, 0.6) is 5.75 Å². The summed E-state index contributed by atoms with van der Waals surface area (Å²) in [7, 11) is 1.59. The van der Waals surface area contributed by atoms with Crippen LogP contribution in [-0.4, -0.2) is 29.2 Å². The highest BCUT2D eigenvalue weighted by molar-refractivity contribution is 5.93. The first-order valence-electron chi connectivity index (χ1n) is 5.81. The summed E-state index contributed by atoms with van der Waals surface area (Å²) in [5.74, 6) is 0.386. The Balaban J connectivity index is 2.41. The number of anilines is 1.